The molecule has 0 unspecified atom stereocenters. The SMILES string of the molecule is Cc1nc(CC(=O)O)sc1-c1ccc2c(c1)OCO2. The molecule has 1 aromatic heterocycles. The molecule has 2 heterocycles. The molecule has 0 amide bonds. The van der Waals surface area contributed by atoms with Gasteiger partial charge in [0, 0.05) is 0 Å². The number of carboxylic acid groups (broad SMARTS) is 1. The third-order valence-corrected chi connectivity index (χ3v) is 3.98. The first-order valence-corrected chi connectivity index (χ1v) is 6.53. The fraction of sp³-hybridized carbons (Fsp3) is 0.231. The number of carbonyl (C=O) groups is 1. The zero-order valence-corrected chi connectivity index (χ0v) is 11.0. The van der Waals surface area contributed by atoms with Gasteiger partial charge >= 0.3 is 5.97 Å². The van der Waals surface area contributed by atoms with Gasteiger partial charge in [0.05, 0.1) is 17.0 Å². The monoisotopic (exact) mass is 277 g/mol. The van der Waals surface area contributed by atoms with Gasteiger partial charge in [-0.1, -0.05) is 0 Å². The second kappa shape index (κ2) is 4.55. The highest BCUT2D eigenvalue weighted by Crippen LogP contribution is 2.38. The van der Waals surface area contributed by atoms with Gasteiger partial charge in [-0.2, -0.15) is 0 Å². The van der Waals surface area contributed by atoms with Crippen LogP contribution in [-0.2, 0) is 11.2 Å². The molecule has 1 aliphatic heterocycles. The summed E-state index contributed by atoms with van der Waals surface area (Å²) in [5.74, 6) is 0.577. The van der Waals surface area contributed by atoms with Crippen molar-refractivity contribution in [3.63, 3.8) is 0 Å². The number of hydrogen-bond acceptors (Lipinski definition) is 5. The maximum absolute atomic E-state index is 10.7. The van der Waals surface area contributed by atoms with Crippen molar-refractivity contribution in [2.75, 3.05) is 6.79 Å². The van der Waals surface area contributed by atoms with E-state index in [0.29, 0.717) is 10.8 Å². The number of thiazole rings is 1. The number of aryl methyl sites for hydroxylation is 1. The Morgan fingerprint density at radius 2 is 2.21 bits per heavy atom. The minimum Gasteiger partial charge on any atom is -0.481 e. The minimum atomic E-state index is -0.869. The van der Waals surface area contributed by atoms with Crippen LogP contribution < -0.4 is 9.47 Å². The van der Waals surface area contributed by atoms with E-state index in [9.17, 15) is 4.79 Å². The van der Waals surface area contributed by atoms with E-state index >= 15 is 0 Å². The average molecular weight is 277 g/mol. The molecular weight excluding hydrogens is 266 g/mol. The van der Waals surface area contributed by atoms with Crippen molar-refractivity contribution in [1.82, 2.24) is 4.98 Å². The second-order valence-corrected chi connectivity index (χ2v) is 5.24. The van der Waals surface area contributed by atoms with E-state index in [0.717, 1.165) is 21.9 Å². The van der Waals surface area contributed by atoms with Gasteiger partial charge in [0.25, 0.3) is 0 Å². The van der Waals surface area contributed by atoms with Crippen LogP contribution in [0.25, 0.3) is 10.4 Å². The van der Waals surface area contributed by atoms with Crippen LogP contribution in [-0.4, -0.2) is 22.9 Å². The van der Waals surface area contributed by atoms with Crippen LogP contribution in [0.1, 0.15) is 10.7 Å². The van der Waals surface area contributed by atoms with Gasteiger partial charge in [0.15, 0.2) is 11.5 Å². The van der Waals surface area contributed by atoms with E-state index in [4.69, 9.17) is 14.6 Å². The number of aliphatic carboxylic acids is 1. The molecule has 2 aromatic rings. The lowest BCUT2D eigenvalue weighted by atomic mass is 10.1. The summed E-state index contributed by atoms with van der Waals surface area (Å²) in [4.78, 5) is 16.0. The van der Waals surface area contributed by atoms with Crippen LogP contribution in [0, 0.1) is 6.92 Å². The van der Waals surface area contributed by atoms with Crippen molar-refractivity contribution in [2.24, 2.45) is 0 Å². The van der Waals surface area contributed by atoms with Gasteiger partial charge in [-0.05, 0) is 30.7 Å². The number of nitrogens with zero attached hydrogens (tertiary/aromatic N) is 1. The number of carboxylic acids is 1. The largest absolute Gasteiger partial charge is 0.481 e. The summed E-state index contributed by atoms with van der Waals surface area (Å²) in [7, 11) is 0. The second-order valence-electron chi connectivity index (χ2n) is 4.16. The van der Waals surface area contributed by atoms with Crippen LogP contribution in [0.5, 0.6) is 11.5 Å². The van der Waals surface area contributed by atoms with Crippen LogP contribution >= 0.6 is 11.3 Å². The Balaban J connectivity index is 1.97. The summed E-state index contributed by atoms with van der Waals surface area (Å²) in [5.41, 5.74) is 1.80. The molecule has 3 rings (SSSR count). The molecule has 6 heteroatoms. The third kappa shape index (κ3) is 2.26. The Hall–Kier alpha value is -2.08. The summed E-state index contributed by atoms with van der Waals surface area (Å²) in [6.07, 6.45) is -0.0456. The molecule has 19 heavy (non-hydrogen) atoms. The van der Waals surface area contributed by atoms with Crippen molar-refractivity contribution < 1.29 is 19.4 Å². The molecular formula is C13H11NO4S. The highest BCUT2D eigenvalue weighted by atomic mass is 32.1. The van der Waals surface area contributed by atoms with Gasteiger partial charge in [0.1, 0.15) is 5.01 Å². The lowest BCUT2D eigenvalue weighted by molar-refractivity contribution is -0.136. The molecule has 0 saturated heterocycles. The van der Waals surface area contributed by atoms with Crippen molar-refractivity contribution in [3.05, 3.63) is 28.9 Å². The lowest BCUT2D eigenvalue weighted by Crippen LogP contribution is -1.98. The molecule has 0 radical (unpaired) electrons. The summed E-state index contributed by atoms with van der Waals surface area (Å²) in [6, 6.07) is 5.68. The molecule has 0 atom stereocenters. The first kappa shape index (κ1) is 12.0. The Morgan fingerprint density at radius 1 is 1.42 bits per heavy atom. The normalized spacial score (nSPS) is 12.7. The molecule has 0 spiro atoms. The van der Waals surface area contributed by atoms with Crippen molar-refractivity contribution in [3.8, 4) is 21.9 Å². The maximum Gasteiger partial charge on any atom is 0.310 e. The van der Waals surface area contributed by atoms with Crippen LogP contribution in [0.15, 0.2) is 18.2 Å². The van der Waals surface area contributed by atoms with Crippen molar-refractivity contribution in [1.29, 1.82) is 0 Å². The van der Waals surface area contributed by atoms with E-state index in [1.54, 1.807) is 0 Å². The Morgan fingerprint density at radius 3 is 3.00 bits per heavy atom. The third-order valence-electron chi connectivity index (χ3n) is 2.78. The fourth-order valence-corrected chi connectivity index (χ4v) is 3.01. The predicted octanol–water partition coefficient (Wildman–Crippen LogP) is 2.47. The number of ether oxygens (including phenoxy) is 2. The number of benzene rings is 1. The summed E-state index contributed by atoms with van der Waals surface area (Å²) < 4.78 is 10.6. The number of fused-ring (bicyclic) bond motifs is 1. The molecule has 0 aliphatic carbocycles. The number of aromatic nitrogens is 1. The fourth-order valence-electron chi connectivity index (χ4n) is 1.96. The van der Waals surface area contributed by atoms with Gasteiger partial charge < -0.3 is 14.6 Å². The van der Waals surface area contributed by atoms with E-state index in [1.807, 2.05) is 25.1 Å². The van der Waals surface area contributed by atoms with E-state index in [-0.39, 0.29) is 13.2 Å². The predicted molar refractivity (Wildman–Crippen MR) is 69.7 cm³/mol. The Labute approximate surface area is 113 Å². The number of rotatable bonds is 3. The van der Waals surface area contributed by atoms with Gasteiger partial charge in [0.2, 0.25) is 6.79 Å². The zero-order valence-electron chi connectivity index (χ0n) is 10.2. The van der Waals surface area contributed by atoms with Crippen LogP contribution in [0.3, 0.4) is 0 Å². The molecule has 0 fully saturated rings. The minimum absolute atomic E-state index is 0.0456. The van der Waals surface area contributed by atoms with E-state index in [1.165, 1.54) is 11.3 Å². The van der Waals surface area contributed by atoms with Gasteiger partial charge in [-0.3, -0.25) is 4.79 Å². The van der Waals surface area contributed by atoms with E-state index in [2.05, 4.69) is 4.98 Å². The average Bonchev–Trinajstić information content (AvgIpc) is 2.93. The van der Waals surface area contributed by atoms with Gasteiger partial charge in [-0.25, -0.2) is 4.98 Å². The van der Waals surface area contributed by atoms with Crippen LogP contribution in [0.4, 0.5) is 0 Å². The van der Waals surface area contributed by atoms with Crippen molar-refractivity contribution in [2.45, 2.75) is 13.3 Å². The van der Waals surface area contributed by atoms with E-state index < -0.39 is 5.97 Å². The smallest absolute Gasteiger partial charge is 0.310 e. The molecule has 98 valence electrons. The van der Waals surface area contributed by atoms with Gasteiger partial charge in [-0.15, -0.1) is 11.3 Å². The Kier molecular flexibility index (Phi) is 2.87. The highest BCUT2D eigenvalue weighted by Gasteiger charge is 2.17. The Bertz CT molecular complexity index is 650. The molecule has 5 nitrogen and oxygen atoms in total. The molecule has 1 N–H and O–H groups in total. The quantitative estimate of drug-likeness (QED) is 0.933. The summed E-state index contributed by atoms with van der Waals surface area (Å²) in [5, 5.41) is 9.40. The van der Waals surface area contributed by atoms with Crippen molar-refractivity contribution >= 4 is 17.3 Å². The lowest BCUT2D eigenvalue weighted by Gasteiger charge is -2.00. The molecule has 0 saturated carbocycles. The molecule has 1 aliphatic rings. The molecule has 0 bridgehead atoms. The summed E-state index contributed by atoms with van der Waals surface area (Å²) >= 11 is 1.40. The topological polar surface area (TPSA) is 68.7 Å². The first-order valence-electron chi connectivity index (χ1n) is 5.71. The first-order chi connectivity index (χ1) is 9.13. The summed E-state index contributed by atoms with van der Waals surface area (Å²) in [6.45, 7) is 2.12. The standard InChI is InChI=1S/C13H11NO4S/c1-7-13(19-11(14-7)5-12(15)16)8-2-3-9-10(4-8)18-6-17-9/h2-4H,5-6H2,1H3,(H,15,16). The number of hydrogen-bond donors (Lipinski definition) is 1. The molecule has 1 aromatic carbocycles. The zero-order chi connectivity index (χ0) is 13.4. The maximum atomic E-state index is 10.7. The highest BCUT2D eigenvalue weighted by molar-refractivity contribution is 7.15. The van der Waals surface area contributed by atoms with Crippen LogP contribution in [0.2, 0.25) is 0 Å².